The summed E-state index contributed by atoms with van der Waals surface area (Å²) < 4.78 is 24.2. The molecule has 0 saturated heterocycles. The van der Waals surface area contributed by atoms with Crippen molar-refractivity contribution in [1.82, 2.24) is 15.3 Å². The lowest BCUT2D eigenvalue weighted by atomic mass is 9.90. The smallest absolute Gasteiger partial charge is 0.228 e. The number of carbonyl (C=O) groups is 1. The quantitative estimate of drug-likeness (QED) is 0.247. The zero-order valence-corrected chi connectivity index (χ0v) is 21.8. The molecule has 4 rings (SSSR count). The zero-order chi connectivity index (χ0) is 26.2. The summed E-state index contributed by atoms with van der Waals surface area (Å²) >= 11 is -2.38. The van der Waals surface area contributed by atoms with Gasteiger partial charge in [-0.05, 0) is 55.0 Å². The van der Waals surface area contributed by atoms with Crippen LogP contribution in [0.2, 0.25) is 0 Å². The molecule has 8 heteroatoms. The lowest BCUT2D eigenvalue weighted by molar-refractivity contribution is -0.123. The summed E-state index contributed by atoms with van der Waals surface area (Å²) in [5, 5.41) is 3.26. The number of carbonyl (C=O) groups excluding carboxylic acids is 1. The number of imidazole rings is 1. The Bertz CT molecular complexity index is 1340. The number of benzene rings is 3. The van der Waals surface area contributed by atoms with Crippen molar-refractivity contribution in [2.24, 2.45) is 0 Å². The number of rotatable bonds is 11. The Morgan fingerprint density at radius 1 is 1.00 bits per heavy atom. The van der Waals surface area contributed by atoms with Crippen molar-refractivity contribution >= 4 is 22.9 Å². The fourth-order valence-electron chi connectivity index (χ4n) is 4.36. The molecule has 7 nitrogen and oxygen atoms in total. The Hall–Kier alpha value is -3.75. The Balaban J connectivity index is 1.61. The van der Waals surface area contributed by atoms with Crippen LogP contribution in [-0.2, 0) is 35.3 Å². The van der Waals surface area contributed by atoms with E-state index in [-0.39, 0.29) is 17.9 Å². The largest absolute Gasteiger partial charge is 0.755 e. The number of aromatic nitrogens is 2. The maximum absolute atomic E-state index is 13.9. The van der Waals surface area contributed by atoms with Crippen molar-refractivity contribution in [3.63, 3.8) is 0 Å². The topological polar surface area (TPSA) is 110 Å². The van der Waals surface area contributed by atoms with Gasteiger partial charge in [0.1, 0.15) is 5.82 Å². The van der Waals surface area contributed by atoms with E-state index in [4.69, 9.17) is 0 Å². The summed E-state index contributed by atoms with van der Waals surface area (Å²) in [4.78, 5) is 21.8. The van der Waals surface area contributed by atoms with Crippen LogP contribution in [-0.4, -0.2) is 24.6 Å². The number of hydrogen-bond acceptors (Lipinski definition) is 4. The molecule has 1 heterocycles. The molecule has 4 aromatic rings. The number of nitrogens with one attached hydrogen (secondary N) is 3. The first-order chi connectivity index (χ1) is 17.9. The van der Waals surface area contributed by atoms with Gasteiger partial charge in [-0.15, -0.1) is 0 Å². The van der Waals surface area contributed by atoms with Crippen LogP contribution in [0.25, 0.3) is 0 Å². The molecule has 37 heavy (non-hydrogen) atoms. The molecule has 0 bridgehead atoms. The van der Waals surface area contributed by atoms with Gasteiger partial charge < -0.3 is 19.6 Å². The summed E-state index contributed by atoms with van der Waals surface area (Å²) in [7, 11) is 0. The minimum Gasteiger partial charge on any atom is -0.755 e. The number of aryl methyl sites for hydroxylation is 2. The predicted molar refractivity (Wildman–Crippen MR) is 146 cm³/mol. The number of anilines is 1. The van der Waals surface area contributed by atoms with E-state index in [1.165, 1.54) is 0 Å². The molecule has 3 N–H and O–H groups in total. The minimum absolute atomic E-state index is 0.0751. The number of H-pyrrole nitrogens is 1. The van der Waals surface area contributed by atoms with E-state index in [1.807, 2.05) is 74.5 Å². The highest BCUT2D eigenvalue weighted by Crippen LogP contribution is 2.25. The maximum atomic E-state index is 13.9. The van der Waals surface area contributed by atoms with E-state index in [0.29, 0.717) is 24.4 Å². The van der Waals surface area contributed by atoms with Gasteiger partial charge in [0.25, 0.3) is 0 Å². The van der Waals surface area contributed by atoms with Crippen molar-refractivity contribution in [1.29, 1.82) is 0 Å². The third-order valence-corrected chi connectivity index (χ3v) is 6.72. The minimum atomic E-state index is -2.38. The first-order valence-corrected chi connectivity index (χ1v) is 13.4. The van der Waals surface area contributed by atoms with Gasteiger partial charge >= 0.3 is 0 Å². The lowest BCUT2D eigenvalue weighted by Crippen LogP contribution is -2.35. The van der Waals surface area contributed by atoms with Crippen molar-refractivity contribution in [3.8, 4) is 0 Å². The van der Waals surface area contributed by atoms with Gasteiger partial charge in [0.05, 0.1) is 12.0 Å². The van der Waals surface area contributed by atoms with E-state index in [1.54, 1.807) is 18.3 Å². The van der Waals surface area contributed by atoms with Gasteiger partial charge in [0.2, 0.25) is 5.91 Å². The second-order valence-corrected chi connectivity index (χ2v) is 9.78. The number of hydrogen-bond donors (Lipinski definition) is 3. The summed E-state index contributed by atoms with van der Waals surface area (Å²) in [5.74, 6) is 0.244. The summed E-state index contributed by atoms with van der Waals surface area (Å²) in [6, 6.07) is 24.8. The standard InChI is InChI=1S/C29H32N4O3S/c1-3-24-19-30-28(31-24)27(18-22-12-14-25(15-13-22)33-37(35)36)32-29(34)26(17-21-9-5-4-6-10-21)23-11-7-8-20(2)16-23/h4-16,19,26-27,33H,3,17-18H2,1-2H3,(H,30,31)(H,32,34)(H,35,36)/p-1/t26?,27-/m0/s1. The van der Waals surface area contributed by atoms with Gasteiger partial charge in [0.15, 0.2) is 0 Å². The highest BCUT2D eigenvalue weighted by molar-refractivity contribution is 7.80. The second kappa shape index (κ2) is 12.5. The van der Waals surface area contributed by atoms with Crippen LogP contribution in [0.1, 0.15) is 52.7 Å². The molecule has 0 fully saturated rings. The molecular formula is C29H31N4O3S-. The molecule has 0 aliphatic rings. The Kier molecular flexibility index (Phi) is 8.87. The van der Waals surface area contributed by atoms with E-state index in [9.17, 15) is 13.6 Å². The maximum Gasteiger partial charge on any atom is 0.228 e. The van der Waals surface area contributed by atoms with Crippen LogP contribution in [0.5, 0.6) is 0 Å². The summed E-state index contributed by atoms with van der Waals surface area (Å²) in [6.07, 6.45) is 3.68. The van der Waals surface area contributed by atoms with Crippen LogP contribution < -0.4 is 10.0 Å². The molecule has 192 valence electrons. The molecule has 3 aromatic carbocycles. The highest BCUT2D eigenvalue weighted by atomic mass is 32.2. The third kappa shape index (κ3) is 7.38. The second-order valence-electron chi connectivity index (χ2n) is 9.10. The SMILES string of the molecule is CCc1cnc([C@H](Cc2ccc(NS(=O)[O-])cc2)NC(=O)C(Cc2ccccc2)c2cccc(C)c2)[nH]1. The molecule has 3 atom stereocenters. The van der Waals surface area contributed by atoms with Gasteiger partial charge in [0, 0.05) is 28.8 Å². The molecular weight excluding hydrogens is 484 g/mol. The van der Waals surface area contributed by atoms with Gasteiger partial charge in [-0.3, -0.25) is 9.00 Å². The van der Waals surface area contributed by atoms with Crippen molar-refractivity contribution in [3.05, 3.63) is 119 Å². The van der Waals surface area contributed by atoms with E-state index in [0.717, 1.165) is 34.4 Å². The monoisotopic (exact) mass is 515 g/mol. The van der Waals surface area contributed by atoms with Crippen molar-refractivity contribution in [2.75, 3.05) is 4.72 Å². The van der Waals surface area contributed by atoms with Crippen LogP contribution in [0.3, 0.4) is 0 Å². The lowest BCUT2D eigenvalue weighted by Gasteiger charge is -2.23. The fourth-order valence-corrected chi connectivity index (χ4v) is 4.69. The molecule has 1 aromatic heterocycles. The Morgan fingerprint density at radius 2 is 1.73 bits per heavy atom. The molecule has 0 aliphatic heterocycles. The molecule has 1 amide bonds. The zero-order valence-electron chi connectivity index (χ0n) is 20.9. The molecule has 0 saturated carbocycles. The first kappa shape index (κ1) is 26.3. The van der Waals surface area contributed by atoms with Crippen molar-refractivity contribution < 1.29 is 13.6 Å². The summed E-state index contributed by atoms with van der Waals surface area (Å²) in [5.41, 5.74) is 5.57. The van der Waals surface area contributed by atoms with Crippen molar-refractivity contribution in [2.45, 2.75) is 45.1 Å². The predicted octanol–water partition coefficient (Wildman–Crippen LogP) is 4.91. The van der Waals surface area contributed by atoms with Crippen LogP contribution in [0.15, 0.2) is 85.1 Å². The third-order valence-electron chi connectivity index (χ3n) is 6.31. The van der Waals surface area contributed by atoms with E-state index in [2.05, 4.69) is 26.1 Å². The van der Waals surface area contributed by atoms with E-state index < -0.39 is 11.3 Å². The molecule has 0 spiro atoms. The molecule has 0 aliphatic carbocycles. The van der Waals surface area contributed by atoms with E-state index >= 15 is 0 Å². The van der Waals surface area contributed by atoms with Gasteiger partial charge in [-0.25, -0.2) is 4.98 Å². The van der Waals surface area contributed by atoms with Crippen LogP contribution in [0, 0.1) is 6.92 Å². The Morgan fingerprint density at radius 3 is 2.38 bits per heavy atom. The average molecular weight is 516 g/mol. The number of aromatic amines is 1. The number of amides is 1. The number of nitrogens with zero attached hydrogens (tertiary/aromatic N) is 1. The van der Waals surface area contributed by atoms with Gasteiger partial charge in [-0.1, -0.05) is 79.2 Å². The summed E-state index contributed by atoms with van der Waals surface area (Å²) in [6.45, 7) is 4.07. The first-order valence-electron chi connectivity index (χ1n) is 12.3. The van der Waals surface area contributed by atoms with Crippen LogP contribution >= 0.6 is 0 Å². The highest BCUT2D eigenvalue weighted by Gasteiger charge is 2.26. The van der Waals surface area contributed by atoms with Gasteiger partial charge in [-0.2, -0.15) is 0 Å². The molecule has 2 unspecified atom stereocenters. The van der Waals surface area contributed by atoms with Crippen LogP contribution in [0.4, 0.5) is 5.69 Å². The fraction of sp³-hybridized carbons (Fsp3) is 0.241. The normalized spacial score (nSPS) is 13.5. The molecule has 0 radical (unpaired) electrons. The Labute approximate surface area is 220 Å². The average Bonchev–Trinajstić information content (AvgIpc) is 3.38.